The van der Waals surface area contributed by atoms with Crippen molar-refractivity contribution >= 4 is 0 Å². The number of hydrogen-bond donors (Lipinski definition) is 1. The normalized spacial score (nSPS) is 71.2. The van der Waals surface area contributed by atoms with Crippen LogP contribution in [0.25, 0.3) is 0 Å². The minimum absolute atomic E-state index is 0.000671. The van der Waals surface area contributed by atoms with E-state index in [1.54, 1.807) is 0 Å². The standard InChI is InChI=1S/C15H24O/c1-9-4-5-12(16)15-7-11-10(6-14(9,15)3)13(11,2)8-15/h9-12,16H,4-8H2,1-3H3/t9-,10?,11?,12?,13-,14+,15?/m1/s1. The Morgan fingerprint density at radius 1 is 1.06 bits per heavy atom. The molecule has 0 aromatic heterocycles. The van der Waals surface area contributed by atoms with Crippen LogP contribution in [0.15, 0.2) is 0 Å². The number of aliphatic hydroxyl groups is 1. The second kappa shape index (κ2) is 2.39. The highest BCUT2D eigenvalue weighted by atomic mass is 16.3. The predicted molar refractivity (Wildman–Crippen MR) is 63.9 cm³/mol. The molecule has 16 heavy (non-hydrogen) atoms. The summed E-state index contributed by atoms with van der Waals surface area (Å²) in [6.07, 6.45) is 6.39. The van der Waals surface area contributed by atoms with Gasteiger partial charge in [-0.05, 0) is 60.7 Å². The van der Waals surface area contributed by atoms with Crippen molar-refractivity contribution in [2.24, 2.45) is 34.0 Å². The largest absolute Gasteiger partial charge is 0.393 e. The van der Waals surface area contributed by atoms with Crippen molar-refractivity contribution in [1.29, 1.82) is 0 Å². The van der Waals surface area contributed by atoms with Crippen LogP contribution in [-0.4, -0.2) is 11.2 Å². The van der Waals surface area contributed by atoms with Crippen molar-refractivity contribution in [1.82, 2.24) is 0 Å². The number of aliphatic hydroxyl groups excluding tert-OH is 1. The molecule has 5 fully saturated rings. The van der Waals surface area contributed by atoms with E-state index in [0.717, 1.165) is 24.2 Å². The smallest absolute Gasteiger partial charge is 0.0602 e. The van der Waals surface area contributed by atoms with Crippen LogP contribution in [0.1, 0.15) is 52.9 Å². The molecule has 0 aliphatic heterocycles. The van der Waals surface area contributed by atoms with Gasteiger partial charge >= 0.3 is 0 Å². The van der Waals surface area contributed by atoms with Crippen molar-refractivity contribution in [3.05, 3.63) is 0 Å². The van der Waals surface area contributed by atoms with Crippen LogP contribution in [0.5, 0.6) is 0 Å². The van der Waals surface area contributed by atoms with E-state index in [2.05, 4.69) is 20.8 Å². The zero-order valence-corrected chi connectivity index (χ0v) is 10.8. The van der Waals surface area contributed by atoms with Crippen LogP contribution < -0.4 is 0 Å². The lowest BCUT2D eigenvalue weighted by Crippen LogP contribution is -2.58. The monoisotopic (exact) mass is 220 g/mol. The van der Waals surface area contributed by atoms with Gasteiger partial charge in [0, 0.05) is 5.41 Å². The van der Waals surface area contributed by atoms with Gasteiger partial charge in [-0.25, -0.2) is 0 Å². The molecule has 0 aromatic rings. The molecule has 0 amide bonds. The third-order valence-corrected chi connectivity index (χ3v) is 7.73. The van der Waals surface area contributed by atoms with Crippen LogP contribution in [0.4, 0.5) is 0 Å². The molecule has 5 aliphatic carbocycles. The van der Waals surface area contributed by atoms with Crippen LogP contribution in [0.2, 0.25) is 0 Å². The number of hydrogen-bond acceptors (Lipinski definition) is 1. The lowest BCUT2D eigenvalue weighted by atomic mass is 9.44. The fourth-order valence-corrected chi connectivity index (χ4v) is 6.35. The summed E-state index contributed by atoms with van der Waals surface area (Å²) >= 11 is 0. The molecule has 7 atom stereocenters. The molecular weight excluding hydrogens is 196 g/mol. The summed E-state index contributed by atoms with van der Waals surface area (Å²) in [5, 5.41) is 10.6. The Morgan fingerprint density at radius 3 is 2.38 bits per heavy atom. The van der Waals surface area contributed by atoms with E-state index in [4.69, 9.17) is 0 Å². The third kappa shape index (κ3) is 0.749. The first-order valence-corrected chi connectivity index (χ1v) is 7.12. The molecule has 90 valence electrons. The van der Waals surface area contributed by atoms with E-state index >= 15 is 0 Å². The van der Waals surface area contributed by atoms with Gasteiger partial charge in [0.05, 0.1) is 6.10 Å². The summed E-state index contributed by atoms with van der Waals surface area (Å²) < 4.78 is 0. The Morgan fingerprint density at radius 2 is 1.75 bits per heavy atom. The molecule has 1 nitrogen and oxygen atoms in total. The fourth-order valence-electron chi connectivity index (χ4n) is 6.35. The van der Waals surface area contributed by atoms with E-state index in [-0.39, 0.29) is 6.10 Å². The van der Waals surface area contributed by atoms with Crippen LogP contribution in [-0.2, 0) is 0 Å². The average molecular weight is 220 g/mol. The summed E-state index contributed by atoms with van der Waals surface area (Å²) in [7, 11) is 0. The van der Waals surface area contributed by atoms with Crippen molar-refractivity contribution in [2.45, 2.75) is 59.0 Å². The van der Waals surface area contributed by atoms with E-state index < -0.39 is 0 Å². The second-order valence-corrected chi connectivity index (χ2v) is 7.87. The van der Waals surface area contributed by atoms with Crippen molar-refractivity contribution in [3.8, 4) is 0 Å². The Hall–Kier alpha value is -0.0400. The third-order valence-electron chi connectivity index (χ3n) is 7.73. The molecule has 0 radical (unpaired) electrons. The highest BCUT2D eigenvalue weighted by Crippen LogP contribution is 2.86. The molecule has 1 spiro atoms. The summed E-state index contributed by atoms with van der Waals surface area (Å²) in [5.41, 5.74) is 1.39. The minimum atomic E-state index is -0.000671. The minimum Gasteiger partial charge on any atom is -0.393 e. The molecule has 5 saturated carbocycles. The van der Waals surface area contributed by atoms with Gasteiger partial charge in [-0.2, -0.15) is 0 Å². The summed E-state index contributed by atoms with van der Waals surface area (Å²) in [5.74, 6) is 2.80. The Labute approximate surface area is 98.6 Å². The molecule has 0 heterocycles. The lowest BCUT2D eigenvalue weighted by molar-refractivity contribution is -0.172. The van der Waals surface area contributed by atoms with Gasteiger partial charge in [0.2, 0.25) is 0 Å². The molecule has 5 rings (SSSR count). The predicted octanol–water partition coefficient (Wildman–Crippen LogP) is 3.22. The molecule has 0 saturated heterocycles. The quantitative estimate of drug-likeness (QED) is 0.664. The van der Waals surface area contributed by atoms with E-state index in [0.29, 0.717) is 16.2 Å². The van der Waals surface area contributed by atoms with Gasteiger partial charge < -0.3 is 5.11 Å². The second-order valence-electron chi connectivity index (χ2n) is 7.87. The van der Waals surface area contributed by atoms with Crippen LogP contribution >= 0.6 is 0 Å². The van der Waals surface area contributed by atoms with Gasteiger partial charge in [0.1, 0.15) is 0 Å². The van der Waals surface area contributed by atoms with Crippen molar-refractivity contribution in [3.63, 3.8) is 0 Å². The Kier molecular flexibility index (Phi) is 1.48. The average Bonchev–Trinajstić information content (AvgIpc) is 2.66. The van der Waals surface area contributed by atoms with Gasteiger partial charge in [-0.15, -0.1) is 0 Å². The van der Waals surface area contributed by atoms with Crippen molar-refractivity contribution in [2.75, 3.05) is 0 Å². The Bertz CT molecular complexity index is 364. The summed E-state index contributed by atoms with van der Waals surface area (Å²) in [6, 6.07) is 0. The Balaban J connectivity index is 1.83. The fraction of sp³-hybridized carbons (Fsp3) is 1.00. The first kappa shape index (κ1) is 9.94. The molecule has 4 bridgehead atoms. The van der Waals surface area contributed by atoms with Gasteiger partial charge in [0.15, 0.2) is 0 Å². The molecule has 0 aromatic carbocycles. The molecule has 5 aliphatic rings. The molecule has 1 N–H and O–H groups in total. The van der Waals surface area contributed by atoms with Gasteiger partial charge in [-0.3, -0.25) is 0 Å². The van der Waals surface area contributed by atoms with E-state index in [1.165, 1.54) is 25.7 Å². The summed E-state index contributed by atoms with van der Waals surface area (Å²) in [4.78, 5) is 0. The maximum absolute atomic E-state index is 10.6. The van der Waals surface area contributed by atoms with Crippen LogP contribution in [0.3, 0.4) is 0 Å². The summed E-state index contributed by atoms with van der Waals surface area (Å²) in [6.45, 7) is 7.42. The highest BCUT2D eigenvalue weighted by molar-refractivity contribution is 5.28. The molecule has 4 unspecified atom stereocenters. The topological polar surface area (TPSA) is 20.2 Å². The number of rotatable bonds is 0. The van der Waals surface area contributed by atoms with Crippen LogP contribution in [0, 0.1) is 34.0 Å². The van der Waals surface area contributed by atoms with E-state index in [1.807, 2.05) is 0 Å². The highest BCUT2D eigenvalue weighted by Gasteiger charge is 2.80. The van der Waals surface area contributed by atoms with Gasteiger partial charge in [0.25, 0.3) is 0 Å². The maximum Gasteiger partial charge on any atom is 0.0602 e. The van der Waals surface area contributed by atoms with Gasteiger partial charge in [-0.1, -0.05) is 20.8 Å². The SMILES string of the molecule is C[C@@H]1CCC(O)C23CC4C(C[C@@]12C)[C@@]4(C)C3. The molecular formula is C15H24O. The molecule has 1 heteroatoms. The first-order chi connectivity index (χ1) is 7.44. The lowest BCUT2D eigenvalue weighted by Gasteiger charge is -2.61. The van der Waals surface area contributed by atoms with E-state index in [9.17, 15) is 5.11 Å². The zero-order chi connectivity index (χ0) is 11.3. The maximum atomic E-state index is 10.6. The van der Waals surface area contributed by atoms with Crippen molar-refractivity contribution < 1.29 is 5.11 Å². The zero-order valence-electron chi connectivity index (χ0n) is 10.8. The first-order valence-electron chi connectivity index (χ1n) is 7.12.